The fourth-order valence-corrected chi connectivity index (χ4v) is 3.93. The number of hydrogen-bond acceptors (Lipinski definition) is 7. The van der Waals surface area contributed by atoms with Crippen LogP contribution in [0.2, 0.25) is 0 Å². The summed E-state index contributed by atoms with van der Waals surface area (Å²) in [5.74, 6) is 4.37. The van der Waals surface area contributed by atoms with Gasteiger partial charge in [0.05, 0.1) is 12.3 Å². The Morgan fingerprint density at radius 3 is 2.49 bits per heavy atom. The van der Waals surface area contributed by atoms with Gasteiger partial charge in [0.15, 0.2) is 6.04 Å². The number of nitrogens with two attached hydrogens (primary N) is 2. The number of carbonyl (C=O) groups excluding carboxylic acids is 2. The summed E-state index contributed by atoms with van der Waals surface area (Å²) in [6.07, 6.45) is -0.108. The highest BCUT2D eigenvalue weighted by Gasteiger charge is 2.27. The van der Waals surface area contributed by atoms with Crippen LogP contribution in [-0.2, 0) is 22.5 Å². The number of anilines is 2. The Kier molecular flexibility index (Phi) is 9.20. The first-order valence-corrected chi connectivity index (χ1v) is 11.6. The van der Waals surface area contributed by atoms with Crippen molar-refractivity contribution in [3.05, 3.63) is 94.5 Å². The molecule has 0 saturated carbocycles. The van der Waals surface area contributed by atoms with Gasteiger partial charge in [0.1, 0.15) is 0 Å². The molecule has 0 fully saturated rings. The number of benzene rings is 3. The van der Waals surface area contributed by atoms with Crippen LogP contribution in [0.25, 0.3) is 0 Å². The molecule has 0 aliphatic rings. The third-order valence-electron chi connectivity index (χ3n) is 5.78. The molecule has 0 heterocycles. The zero-order chi connectivity index (χ0) is 26.9. The van der Waals surface area contributed by atoms with Gasteiger partial charge in [-0.05, 0) is 66.6 Å². The number of rotatable bonds is 11. The lowest BCUT2D eigenvalue weighted by Gasteiger charge is -2.27. The molecule has 3 aromatic carbocycles. The van der Waals surface area contributed by atoms with E-state index in [0.717, 1.165) is 21.7 Å². The summed E-state index contributed by atoms with van der Waals surface area (Å²) in [5.41, 5.74) is 9.75. The highest BCUT2D eigenvalue weighted by atomic mass is 16.5. The first kappa shape index (κ1) is 27.2. The van der Waals surface area contributed by atoms with E-state index in [1.54, 1.807) is 36.4 Å². The summed E-state index contributed by atoms with van der Waals surface area (Å²) in [7, 11) is 1.85. The second-order valence-electron chi connectivity index (χ2n) is 8.49. The summed E-state index contributed by atoms with van der Waals surface area (Å²) in [6, 6.07) is 17.6. The average Bonchev–Trinajstić information content (AvgIpc) is 2.85. The minimum Gasteiger partial charge on any atom is -0.479 e. The van der Waals surface area contributed by atoms with Crippen molar-refractivity contribution in [1.29, 1.82) is 0 Å². The topological polar surface area (TPSA) is 160 Å². The van der Waals surface area contributed by atoms with Crippen LogP contribution in [0.1, 0.15) is 38.7 Å². The maximum Gasteiger partial charge on any atom is 0.411 e. The van der Waals surface area contributed by atoms with Crippen molar-refractivity contribution in [1.82, 2.24) is 5.32 Å². The van der Waals surface area contributed by atoms with E-state index >= 15 is 0 Å². The maximum absolute atomic E-state index is 12.2. The molecule has 1 unspecified atom stereocenters. The first-order chi connectivity index (χ1) is 17.7. The zero-order valence-corrected chi connectivity index (χ0v) is 20.7. The lowest BCUT2D eigenvalue weighted by atomic mass is 9.98. The van der Waals surface area contributed by atoms with E-state index in [2.05, 4.69) is 10.6 Å². The number of hydrazine groups is 1. The number of amides is 2. The van der Waals surface area contributed by atoms with Gasteiger partial charge in [0.25, 0.3) is 0 Å². The quantitative estimate of drug-likeness (QED) is 0.196. The van der Waals surface area contributed by atoms with Crippen molar-refractivity contribution in [2.24, 2.45) is 11.6 Å². The molecule has 0 aliphatic heterocycles. The molecule has 37 heavy (non-hydrogen) atoms. The number of carboxylic acids is 1. The predicted octanol–water partition coefficient (Wildman–Crippen LogP) is 3.11. The molecule has 1 atom stereocenters. The van der Waals surface area contributed by atoms with Crippen LogP contribution in [0, 0.1) is 6.92 Å². The third-order valence-corrected chi connectivity index (χ3v) is 5.78. The van der Waals surface area contributed by atoms with Gasteiger partial charge >= 0.3 is 12.1 Å². The lowest BCUT2D eigenvalue weighted by molar-refractivity contribution is -0.138. The Morgan fingerprint density at radius 1 is 1.05 bits per heavy atom. The molecule has 0 radical (unpaired) electrons. The second-order valence-corrected chi connectivity index (χ2v) is 8.49. The van der Waals surface area contributed by atoms with Gasteiger partial charge < -0.3 is 20.9 Å². The number of nitrogens with zero attached hydrogens (tertiary/aromatic N) is 1. The number of carbonyl (C=O) groups is 3. The molecule has 0 bridgehead atoms. The molecule has 0 aliphatic carbocycles. The van der Waals surface area contributed by atoms with Gasteiger partial charge in [-0.3, -0.25) is 15.1 Å². The monoisotopic (exact) mass is 505 g/mol. The van der Waals surface area contributed by atoms with E-state index in [0.29, 0.717) is 29.9 Å². The molecule has 0 aromatic heterocycles. The molecular weight excluding hydrogens is 474 g/mol. The summed E-state index contributed by atoms with van der Waals surface area (Å²) in [4.78, 5) is 35.8. The molecule has 3 rings (SSSR count). The van der Waals surface area contributed by atoms with Gasteiger partial charge in [-0.25, -0.2) is 15.4 Å². The van der Waals surface area contributed by atoms with Crippen molar-refractivity contribution in [2.45, 2.75) is 25.9 Å². The lowest BCUT2D eigenvalue weighted by Crippen LogP contribution is -2.40. The van der Waals surface area contributed by atoms with Crippen molar-refractivity contribution in [3.63, 3.8) is 0 Å². The molecule has 3 aromatic rings. The summed E-state index contributed by atoms with van der Waals surface area (Å²) in [6.45, 7) is 2.68. The Balaban J connectivity index is 1.64. The molecular formula is C27H31N5O5. The smallest absolute Gasteiger partial charge is 0.411 e. The van der Waals surface area contributed by atoms with Gasteiger partial charge in [0, 0.05) is 24.2 Å². The van der Waals surface area contributed by atoms with Crippen LogP contribution in [0.5, 0.6) is 0 Å². The molecule has 194 valence electrons. The number of primary amides is 1. The highest BCUT2D eigenvalue weighted by Crippen LogP contribution is 2.27. The third kappa shape index (κ3) is 7.29. The van der Waals surface area contributed by atoms with Crippen LogP contribution in [-0.4, -0.2) is 36.7 Å². The Hall–Kier alpha value is -4.41. The van der Waals surface area contributed by atoms with Gasteiger partial charge in [0.2, 0.25) is 5.91 Å². The normalized spacial score (nSPS) is 11.4. The number of carboxylic acid groups (broad SMARTS) is 1. The van der Waals surface area contributed by atoms with Crippen LogP contribution in [0.4, 0.5) is 16.2 Å². The second kappa shape index (κ2) is 12.5. The number of aryl methyl sites for hydroxylation is 1. The van der Waals surface area contributed by atoms with E-state index in [4.69, 9.17) is 16.3 Å². The van der Waals surface area contributed by atoms with Crippen LogP contribution >= 0.6 is 0 Å². The van der Waals surface area contributed by atoms with Crippen LogP contribution < -0.4 is 27.2 Å². The standard InChI is InChI=1S/C27H31N5O5/c1-17-13-20(24(26(34)35)32(29)23-8-4-6-21(15-23)25(28)33)10-9-19(17)11-12-37-27(36)31-22-7-3-5-18(14-22)16-30-2/h3-10,13-15,24,30H,11-12,16,29H2,1-2H3,(H2,28,33)(H,31,36)(H,34,35). The fourth-order valence-electron chi connectivity index (χ4n) is 3.93. The van der Waals surface area contributed by atoms with Crippen molar-refractivity contribution in [2.75, 3.05) is 24.0 Å². The van der Waals surface area contributed by atoms with E-state index in [-0.39, 0.29) is 12.2 Å². The SMILES string of the molecule is CNCc1cccc(NC(=O)OCCc2ccc(C(C(=O)O)N(N)c3cccc(C(N)=O)c3)cc2C)c1. The Bertz CT molecular complexity index is 1280. The number of ether oxygens (including phenoxy) is 1. The molecule has 0 saturated heterocycles. The Labute approximate surface area is 215 Å². The van der Waals surface area contributed by atoms with Crippen LogP contribution in [0.15, 0.2) is 66.7 Å². The minimum absolute atomic E-state index is 0.146. The maximum atomic E-state index is 12.2. The van der Waals surface area contributed by atoms with Gasteiger partial charge in [-0.1, -0.05) is 36.4 Å². The molecule has 7 N–H and O–H groups in total. The predicted molar refractivity (Wildman–Crippen MR) is 141 cm³/mol. The average molecular weight is 506 g/mol. The highest BCUT2D eigenvalue weighted by molar-refractivity contribution is 5.94. The minimum atomic E-state index is -1.20. The number of nitrogens with one attached hydrogen (secondary N) is 2. The van der Waals surface area contributed by atoms with Gasteiger partial charge in [-0.15, -0.1) is 0 Å². The molecule has 0 spiro atoms. The zero-order valence-electron chi connectivity index (χ0n) is 20.7. The van der Waals surface area contributed by atoms with E-state index in [9.17, 15) is 19.5 Å². The summed E-state index contributed by atoms with van der Waals surface area (Å²) >= 11 is 0. The fraction of sp³-hybridized carbons (Fsp3) is 0.222. The number of aliphatic carboxylic acids is 1. The van der Waals surface area contributed by atoms with Crippen LogP contribution in [0.3, 0.4) is 0 Å². The van der Waals surface area contributed by atoms with E-state index in [1.165, 1.54) is 12.1 Å². The summed E-state index contributed by atoms with van der Waals surface area (Å²) < 4.78 is 5.32. The molecule has 10 heteroatoms. The molecule has 10 nitrogen and oxygen atoms in total. The first-order valence-electron chi connectivity index (χ1n) is 11.6. The number of hydrogen-bond donors (Lipinski definition) is 5. The van der Waals surface area contributed by atoms with Crippen molar-refractivity contribution < 1.29 is 24.2 Å². The Morgan fingerprint density at radius 2 is 1.81 bits per heavy atom. The van der Waals surface area contributed by atoms with E-state index < -0.39 is 24.0 Å². The van der Waals surface area contributed by atoms with Crippen molar-refractivity contribution >= 4 is 29.3 Å². The summed E-state index contributed by atoms with van der Waals surface area (Å²) in [5, 5.41) is 16.7. The van der Waals surface area contributed by atoms with Gasteiger partial charge in [-0.2, -0.15) is 0 Å². The van der Waals surface area contributed by atoms with Crippen molar-refractivity contribution in [3.8, 4) is 0 Å². The molecule has 2 amide bonds. The largest absolute Gasteiger partial charge is 0.479 e. The van der Waals surface area contributed by atoms with E-state index in [1.807, 2.05) is 32.2 Å².